The molecule has 11 aromatic rings. The summed E-state index contributed by atoms with van der Waals surface area (Å²) in [5.41, 5.74) is 16.3. The maximum Gasteiger partial charge on any atom is 0.164 e. The van der Waals surface area contributed by atoms with Gasteiger partial charge >= 0.3 is 0 Å². The number of fused-ring (bicyclic) bond motifs is 4. The average Bonchev–Trinajstić information content (AvgIpc) is 3.70. The van der Waals surface area contributed by atoms with Crippen molar-refractivity contribution in [2.45, 2.75) is 0 Å². The van der Waals surface area contributed by atoms with Crippen molar-refractivity contribution in [1.82, 2.24) is 15.0 Å². The van der Waals surface area contributed by atoms with Crippen molar-refractivity contribution in [3.63, 3.8) is 0 Å². The number of aromatic nitrogens is 3. The minimum atomic E-state index is 0.522. The standard InChI is InChI=1S/C60H36N4/c61-37-44-23-14-29-46(43-22-10-21-41(35-43)42-33-34-49-50-31-12-19-39-20-13-32-52(56(39)50)55(49)36-42)57(44)51-26-7-9-28-54(51)60-63-58(40-16-2-1-3-17-40)62-59(64-60)53-27-8-6-25-48(53)47-30-11-18-38-15-4-5-24-45(38)47/h1-36H. The SMILES string of the molecule is N#Cc1cccc(-c2cccc(-c3ccc4c(c3)-c3cccc5cccc-4c35)c2)c1-c1ccccc1-c1nc(-c2ccccc2)nc(-c2ccccc2-c2cccc3ccccc23)n1. The Morgan fingerprint density at radius 2 is 0.797 bits per heavy atom. The van der Waals surface area contributed by atoms with Crippen LogP contribution in [0.25, 0.3) is 122 Å². The highest BCUT2D eigenvalue weighted by Gasteiger charge is 2.24. The normalized spacial score (nSPS) is 11.4. The highest BCUT2D eigenvalue weighted by Crippen LogP contribution is 2.49. The maximum absolute atomic E-state index is 10.8. The second-order valence-electron chi connectivity index (χ2n) is 16.2. The summed E-state index contributed by atoms with van der Waals surface area (Å²) < 4.78 is 0. The zero-order valence-corrected chi connectivity index (χ0v) is 34.6. The van der Waals surface area contributed by atoms with Crippen LogP contribution in [0.5, 0.6) is 0 Å². The number of nitriles is 1. The van der Waals surface area contributed by atoms with Gasteiger partial charge in [-0.05, 0) is 101 Å². The predicted octanol–water partition coefficient (Wildman–Crippen LogP) is 15.4. The topological polar surface area (TPSA) is 62.5 Å². The molecule has 0 saturated heterocycles. The summed E-state index contributed by atoms with van der Waals surface area (Å²) in [4.78, 5) is 15.7. The van der Waals surface area contributed by atoms with Crippen LogP contribution in [-0.4, -0.2) is 15.0 Å². The molecule has 0 bridgehead atoms. The van der Waals surface area contributed by atoms with Gasteiger partial charge < -0.3 is 0 Å². The molecule has 10 aromatic carbocycles. The van der Waals surface area contributed by atoms with E-state index in [1.807, 2.05) is 60.7 Å². The molecule has 296 valence electrons. The van der Waals surface area contributed by atoms with Gasteiger partial charge in [-0.3, -0.25) is 0 Å². The Balaban J connectivity index is 1.01. The fourth-order valence-electron chi connectivity index (χ4n) is 9.62. The number of hydrogen-bond donors (Lipinski definition) is 0. The minimum absolute atomic E-state index is 0.522. The van der Waals surface area contributed by atoms with Crippen molar-refractivity contribution in [3.8, 4) is 107 Å². The summed E-state index contributed by atoms with van der Waals surface area (Å²) in [7, 11) is 0. The van der Waals surface area contributed by atoms with Gasteiger partial charge in [0, 0.05) is 22.3 Å². The largest absolute Gasteiger partial charge is 0.208 e. The van der Waals surface area contributed by atoms with Crippen molar-refractivity contribution in [3.05, 3.63) is 224 Å². The zero-order valence-electron chi connectivity index (χ0n) is 34.6. The molecule has 0 radical (unpaired) electrons. The lowest BCUT2D eigenvalue weighted by Gasteiger charge is -2.17. The molecule has 64 heavy (non-hydrogen) atoms. The van der Waals surface area contributed by atoms with Crippen LogP contribution < -0.4 is 0 Å². The van der Waals surface area contributed by atoms with Crippen LogP contribution in [0.15, 0.2) is 218 Å². The summed E-state index contributed by atoms with van der Waals surface area (Å²) in [6.07, 6.45) is 0. The molecule has 1 aliphatic rings. The molecule has 0 atom stereocenters. The molecule has 0 N–H and O–H groups in total. The van der Waals surface area contributed by atoms with Crippen molar-refractivity contribution < 1.29 is 0 Å². The molecule has 0 spiro atoms. The van der Waals surface area contributed by atoms with Crippen LogP contribution in [0.3, 0.4) is 0 Å². The fraction of sp³-hybridized carbons (Fsp3) is 0. The van der Waals surface area contributed by atoms with E-state index in [0.29, 0.717) is 23.0 Å². The molecule has 4 heteroatoms. The monoisotopic (exact) mass is 812 g/mol. The Labute approximate surface area is 371 Å². The van der Waals surface area contributed by atoms with Crippen LogP contribution in [0.1, 0.15) is 5.56 Å². The highest BCUT2D eigenvalue weighted by atomic mass is 15.0. The Kier molecular flexibility index (Phi) is 8.84. The fourth-order valence-corrected chi connectivity index (χ4v) is 9.62. The van der Waals surface area contributed by atoms with Crippen LogP contribution in [0.4, 0.5) is 0 Å². The zero-order chi connectivity index (χ0) is 42.6. The molecule has 1 aromatic heterocycles. The van der Waals surface area contributed by atoms with E-state index in [4.69, 9.17) is 15.0 Å². The van der Waals surface area contributed by atoms with E-state index in [9.17, 15) is 5.26 Å². The number of rotatable bonds is 7. The third-order valence-electron chi connectivity index (χ3n) is 12.5. The first-order valence-corrected chi connectivity index (χ1v) is 21.5. The number of nitrogens with zero attached hydrogens (tertiary/aromatic N) is 4. The van der Waals surface area contributed by atoms with E-state index in [1.54, 1.807) is 0 Å². The first-order chi connectivity index (χ1) is 31.7. The lowest BCUT2D eigenvalue weighted by Crippen LogP contribution is -2.02. The van der Waals surface area contributed by atoms with Gasteiger partial charge in [0.1, 0.15) is 0 Å². The van der Waals surface area contributed by atoms with Gasteiger partial charge in [0.15, 0.2) is 17.5 Å². The lowest BCUT2D eigenvalue weighted by atomic mass is 9.87. The minimum Gasteiger partial charge on any atom is -0.208 e. The third kappa shape index (κ3) is 6.18. The van der Waals surface area contributed by atoms with Gasteiger partial charge in [0.05, 0.1) is 11.6 Å². The van der Waals surface area contributed by atoms with Crippen LogP contribution >= 0.6 is 0 Å². The molecular weight excluding hydrogens is 777 g/mol. The van der Waals surface area contributed by atoms with E-state index in [2.05, 4.69) is 164 Å². The number of hydrogen-bond acceptors (Lipinski definition) is 4. The average molecular weight is 813 g/mol. The van der Waals surface area contributed by atoms with E-state index >= 15 is 0 Å². The van der Waals surface area contributed by atoms with E-state index < -0.39 is 0 Å². The summed E-state index contributed by atoms with van der Waals surface area (Å²) in [6, 6.07) is 78.5. The van der Waals surface area contributed by atoms with Gasteiger partial charge in [0.2, 0.25) is 0 Å². The second-order valence-corrected chi connectivity index (χ2v) is 16.2. The summed E-state index contributed by atoms with van der Waals surface area (Å²) in [5, 5.41) is 15.7. The Bertz CT molecular complexity index is 3680. The molecule has 4 nitrogen and oxygen atoms in total. The molecule has 0 fully saturated rings. The molecule has 0 aliphatic heterocycles. The lowest BCUT2D eigenvalue weighted by molar-refractivity contribution is 1.07. The van der Waals surface area contributed by atoms with Crippen molar-refractivity contribution in [1.29, 1.82) is 5.26 Å². The van der Waals surface area contributed by atoms with Crippen LogP contribution in [0, 0.1) is 11.3 Å². The first kappa shape index (κ1) is 37.0. The van der Waals surface area contributed by atoms with E-state index in [1.165, 1.54) is 38.4 Å². The third-order valence-corrected chi connectivity index (χ3v) is 12.5. The summed E-state index contributed by atoms with van der Waals surface area (Å²) in [5.74, 6) is 1.66. The first-order valence-electron chi connectivity index (χ1n) is 21.5. The molecule has 1 aliphatic carbocycles. The Hall–Kier alpha value is -8.78. The van der Waals surface area contributed by atoms with Crippen molar-refractivity contribution in [2.24, 2.45) is 0 Å². The van der Waals surface area contributed by atoms with Crippen molar-refractivity contribution >= 4 is 21.5 Å². The molecule has 0 saturated carbocycles. The van der Waals surface area contributed by atoms with Crippen molar-refractivity contribution in [2.75, 3.05) is 0 Å². The van der Waals surface area contributed by atoms with Gasteiger partial charge in [-0.15, -0.1) is 0 Å². The van der Waals surface area contributed by atoms with Gasteiger partial charge in [-0.2, -0.15) is 5.26 Å². The Morgan fingerprint density at radius 1 is 0.297 bits per heavy atom. The smallest absolute Gasteiger partial charge is 0.164 e. The molecule has 0 amide bonds. The van der Waals surface area contributed by atoms with Gasteiger partial charge in [-0.25, -0.2) is 15.0 Å². The van der Waals surface area contributed by atoms with E-state index in [0.717, 1.165) is 66.6 Å². The predicted molar refractivity (Wildman–Crippen MR) is 262 cm³/mol. The Morgan fingerprint density at radius 3 is 1.58 bits per heavy atom. The quantitative estimate of drug-likeness (QED) is 0.161. The number of benzene rings is 10. The van der Waals surface area contributed by atoms with Crippen LogP contribution in [-0.2, 0) is 0 Å². The molecular formula is C60H36N4. The van der Waals surface area contributed by atoms with Gasteiger partial charge in [-0.1, -0.05) is 200 Å². The molecule has 12 rings (SSSR count). The highest BCUT2D eigenvalue weighted by molar-refractivity contribution is 6.15. The van der Waals surface area contributed by atoms with Crippen LogP contribution in [0.2, 0.25) is 0 Å². The summed E-state index contributed by atoms with van der Waals surface area (Å²) in [6.45, 7) is 0. The molecule has 0 unspecified atom stereocenters. The maximum atomic E-state index is 10.8. The van der Waals surface area contributed by atoms with E-state index in [-0.39, 0.29) is 0 Å². The van der Waals surface area contributed by atoms with Gasteiger partial charge in [0.25, 0.3) is 0 Å². The summed E-state index contributed by atoms with van der Waals surface area (Å²) >= 11 is 0. The molecule has 1 heterocycles. The second kappa shape index (κ2) is 15.3.